The molecule has 0 atom stereocenters. The van der Waals surface area contributed by atoms with Gasteiger partial charge in [-0.1, -0.05) is 11.6 Å². The first kappa shape index (κ1) is 18.6. The van der Waals surface area contributed by atoms with Crippen LogP contribution in [0.2, 0.25) is 0 Å². The van der Waals surface area contributed by atoms with Gasteiger partial charge in [0.2, 0.25) is 5.91 Å². The molecule has 2 aromatic carbocycles. The fourth-order valence-corrected chi connectivity index (χ4v) is 3.18. The standard InChI is InChI=1S/C22H19FN4O2/c1-14-9-11-26(12-10-14)22(29)24-18-7-8-20-19(13-18)21(25-27(20)15(2)28)16-3-5-17(23)6-4-16/h3-11,13H,12H2,1-2H3,(H,24,29). The molecule has 0 saturated carbocycles. The summed E-state index contributed by atoms with van der Waals surface area (Å²) >= 11 is 0. The van der Waals surface area contributed by atoms with Gasteiger partial charge in [0.1, 0.15) is 11.5 Å². The monoisotopic (exact) mass is 390 g/mol. The Hall–Kier alpha value is -3.74. The van der Waals surface area contributed by atoms with E-state index in [1.54, 1.807) is 41.4 Å². The molecule has 0 aliphatic carbocycles. The summed E-state index contributed by atoms with van der Waals surface area (Å²) in [6, 6.07) is 10.9. The maximum atomic E-state index is 13.3. The van der Waals surface area contributed by atoms with E-state index in [-0.39, 0.29) is 17.8 Å². The summed E-state index contributed by atoms with van der Waals surface area (Å²) in [5, 5.41) is 7.97. The molecule has 2 heterocycles. The van der Waals surface area contributed by atoms with Crippen LogP contribution in [0.15, 0.2) is 66.4 Å². The SMILES string of the molecule is CC(=O)n1nc(-c2ccc(F)cc2)c2cc(NC(=O)N3C=CC(C)=CC3)ccc21. The first-order valence-electron chi connectivity index (χ1n) is 9.14. The number of aromatic nitrogens is 2. The molecule has 4 rings (SSSR count). The molecule has 0 spiro atoms. The third kappa shape index (κ3) is 3.67. The highest BCUT2D eigenvalue weighted by atomic mass is 19.1. The van der Waals surface area contributed by atoms with Crippen molar-refractivity contribution >= 4 is 28.5 Å². The van der Waals surface area contributed by atoms with Crippen molar-refractivity contribution in [2.45, 2.75) is 13.8 Å². The summed E-state index contributed by atoms with van der Waals surface area (Å²) in [4.78, 5) is 26.1. The number of hydrogen-bond acceptors (Lipinski definition) is 3. The van der Waals surface area contributed by atoms with Crippen LogP contribution in [0.5, 0.6) is 0 Å². The van der Waals surface area contributed by atoms with Crippen LogP contribution < -0.4 is 5.32 Å². The summed E-state index contributed by atoms with van der Waals surface area (Å²) in [6.07, 6.45) is 5.57. The van der Waals surface area contributed by atoms with Crippen molar-refractivity contribution < 1.29 is 14.0 Å². The van der Waals surface area contributed by atoms with E-state index in [2.05, 4.69) is 10.4 Å². The average Bonchev–Trinajstić information content (AvgIpc) is 3.08. The normalized spacial score (nSPS) is 13.5. The Morgan fingerprint density at radius 2 is 1.90 bits per heavy atom. The Kier molecular flexibility index (Phi) is 4.72. The lowest BCUT2D eigenvalue weighted by Gasteiger charge is -2.20. The maximum absolute atomic E-state index is 13.3. The summed E-state index contributed by atoms with van der Waals surface area (Å²) in [5.74, 6) is -0.586. The third-order valence-electron chi connectivity index (χ3n) is 4.74. The lowest BCUT2D eigenvalue weighted by Crippen LogP contribution is -2.31. The quantitative estimate of drug-likeness (QED) is 0.683. The van der Waals surface area contributed by atoms with Crippen LogP contribution in [-0.2, 0) is 0 Å². The smallest absolute Gasteiger partial charge is 0.308 e. The number of hydrogen-bond donors (Lipinski definition) is 1. The number of urea groups is 1. The highest BCUT2D eigenvalue weighted by Gasteiger charge is 2.17. The summed E-state index contributed by atoms with van der Waals surface area (Å²) in [7, 11) is 0. The van der Waals surface area contributed by atoms with E-state index in [1.165, 1.54) is 23.7 Å². The van der Waals surface area contributed by atoms with Crippen molar-refractivity contribution in [1.29, 1.82) is 0 Å². The average molecular weight is 390 g/mol. The predicted octanol–water partition coefficient (Wildman–Crippen LogP) is 4.81. The molecule has 29 heavy (non-hydrogen) atoms. The first-order chi connectivity index (χ1) is 13.9. The second-order valence-corrected chi connectivity index (χ2v) is 6.86. The molecule has 6 nitrogen and oxygen atoms in total. The first-order valence-corrected chi connectivity index (χ1v) is 9.14. The number of anilines is 1. The Labute approximate surface area is 166 Å². The maximum Gasteiger partial charge on any atom is 0.326 e. The van der Waals surface area contributed by atoms with E-state index in [0.29, 0.717) is 34.4 Å². The lowest BCUT2D eigenvalue weighted by molar-refractivity contribution is 0.0927. The number of rotatable bonds is 2. The van der Waals surface area contributed by atoms with Crippen LogP contribution in [0.4, 0.5) is 14.9 Å². The zero-order valence-corrected chi connectivity index (χ0v) is 16.0. The minimum atomic E-state index is -0.351. The molecule has 1 aliphatic rings. The van der Waals surface area contributed by atoms with E-state index in [1.807, 2.05) is 19.1 Å². The van der Waals surface area contributed by atoms with Gasteiger partial charge in [0.25, 0.3) is 0 Å². The number of benzene rings is 2. The van der Waals surface area contributed by atoms with Gasteiger partial charge in [-0.3, -0.25) is 9.69 Å². The van der Waals surface area contributed by atoms with E-state index in [4.69, 9.17) is 0 Å². The number of carbonyl (C=O) groups excluding carboxylic acids is 2. The molecule has 0 saturated heterocycles. The van der Waals surface area contributed by atoms with Crippen molar-refractivity contribution in [1.82, 2.24) is 14.7 Å². The molecule has 146 valence electrons. The molecule has 0 radical (unpaired) electrons. The third-order valence-corrected chi connectivity index (χ3v) is 4.74. The van der Waals surface area contributed by atoms with Crippen molar-refractivity contribution in [3.8, 4) is 11.3 Å². The van der Waals surface area contributed by atoms with Crippen LogP contribution in [0.3, 0.4) is 0 Å². The van der Waals surface area contributed by atoms with Crippen LogP contribution in [0.25, 0.3) is 22.2 Å². The van der Waals surface area contributed by atoms with Crippen molar-refractivity contribution in [3.05, 3.63) is 72.2 Å². The molecular weight excluding hydrogens is 371 g/mol. The van der Waals surface area contributed by atoms with Crippen molar-refractivity contribution in [2.24, 2.45) is 0 Å². The van der Waals surface area contributed by atoms with E-state index in [0.717, 1.165) is 5.57 Å². The summed E-state index contributed by atoms with van der Waals surface area (Å²) in [5.41, 5.74) is 3.53. The number of nitrogens with zero attached hydrogens (tertiary/aromatic N) is 3. The van der Waals surface area contributed by atoms with E-state index >= 15 is 0 Å². The van der Waals surface area contributed by atoms with Gasteiger partial charge in [0.15, 0.2) is 0 Å². The van der Waals surface area contributed by atoms with Crippen LogP contribution in [0.1, 0.15) is 18.6 Å². The van der Waals surface area contributed by atoms with Crippen molar-refractivity contribution in [2.75, 3.05) is 11.9 Å². The van der Waals surface area contributed by atoms with Gasteiger partial charge in [0, 0.05) is 36.3 Å². The molecule has 1 aliphatic heterocycles. The van der Waals surface area contributed by atoms with Gasteiger partial charge in [-0.15, -0.1) is 0 Å². The molecular formula is C22H19FN4O2. The molecule has 7 heteroatoms. The zero-order chi connectivity index (χ0) is 20.5. The largest absolute Gasteiger partial charge is 0.326 e. The minimum Gasteiger partial charge on any atom is -0.308 e. The summed E-state index contributed by atoms with van der Waals surface area (Å²) < 4.78 is 14.6. The molecule has 2 amide bonds. The van der Waals surface area contributed by atoms with E-state index in [9.17, 15) is 14.0 Å². The van der Waals surface area contributed by atoms with Crippen LogP contribution >= 0.6 is 0 Å². The number of carbonyl (C=O) groups is 2. The molecule has 1 N–H and O–H groups in total. The second-order valence-electron chi connectivity index (χ2n) is 6.86. The Morgan fingerprint density at radius 1 is 1.14 bits per heavy atom. The Morgan fingerprint density at radius 3 is 2.55 bits per heavy atom. The topological polar surface area (TPSA) is 67.2 Å². The highest BCUT2D eigenvalue weighted by Crippen LogP contribution is 2.30. The number of allylic oxidation sites excluding steroid dienone is 2. The molecule has 0 unspecified atom stereocenters. The number of nitrogens with one attached hydrogen (secondary N) is 1. The Balaban J connectivity index is 1.71. The highest BCUT2D eigenvalue weighted by molar-refractivity contribution is 6.01. The minimum absolute atomic E-state index is 0.235. The molecule has 0 bridgehead atoms. The number of halogens is 1. The molecule has 0 fully saturated rings. The fraction of sp³-hybridized carbons (Fsp3) is 0.136. The fourth-order valence-electron chi connectivity index (χ4n) is 3.18. The predicted molar refractivity (Wildman–Crippen MR) is 110 cm³/mol. The van der Waals surface area contributed by atoms with Gasteiger partial charge in [-0.2, -0.15) is 9.78 Å². The lowest BCUT2D eigenvalue weighted by atomic mass is 10.1. The zero-order valence-electron chi connectivity index (χ0n) is 16.0. The van der Waals surface area contributed by atoms with E-state index < -0.39 is 0 Å². The van der Waals surface area contributed by atoms with Gasteiger partial charge in [0.05, 0.1) is 5.52 Å². The van der Waals surface area contributed by atoms with Crippen molar-refractivity contribution in [3.63, 3.8) is 0 Å². The number of fused-ring (bicyclic) bond motifs is 1. The van der Waals surface area contributed by atoms with Crippen LogP contribution in [-0.4, -0.2) is 33.2 Å². The molecule has 3 aromatic rings. The van der Waals surface area contributed by atoms with Gasteiger partial charge < -0.3 is 5.32 Å². The second kappa shape index (κ2) is 7.35. The van der Waals surface area contributed by atoms with Gasteiger partial charge in [-0.05, 0) is 55.5 Å². The summed E-state index contributed by atoms with van der Waals surface area (Å²) in [6.45, 7) is 3.90. The Bertz CT molecular complexity index is 1180. The number of amides is 2. The van der Waals surface area contributed by atoms with Gasteiger partial charge in [-0.25, -0.2) is 9.18 Å². The van der Waals surface area contributed by atoms with Gasteiger partial charge >= 0.3 is 6.03 Å². The van der Waals surface area contributed by atoms with Crippen LogP contribution in [0, 0.1) is 5.82 Å². The molecule has 1 aromatic heterocycles.